The lowest BCUT2D eigenvalue weighted by Gasteiger charge is -2.39. The molecule has 0 radical (unpaired) electrons. The Bertz CT molecular complexity index is 254. The quantitative estimate of drug-likeness (QED) is 0.724. The van der Waals surface area contributed by atoms with E-state index in [9.17, 15) is 0 Å². The van der Waals surface area contributed by atoms with E-state index in [1.165, 1.54) is 0 Å². The highest BCUT2D eigenvalue weighted by Gasteiger charge is 2.31. The van der Waals surface area contributed by atoms with Gasteiger partial charge in [0.25, 0.3) is 0 Å². The minimum Gasteiger partial charge on any atom is -0.371 e. The Balaban J connectivity index is 1.69. The Kier molecular flexibility index (Phi) is 2.33. The molecule has 1 aromatic heterocycles. The summed E-state index contributed by atoms with van der Waals surface area (Å²) in [5.41, 5.74) is 0.0700. The van der Waals surface area contributed by atoms with E-state index in [0.717, 1.165) is 26.2 Å². The third kappa shape index (κ3) is 2.08. The molecule has 0 aliphatic carbocycles. The van der Waals surface area contributed by atoms with Crippen LogP contribution < -0.4 is 5.32 Å². The molecule has 72 valence electrons. The first-order valence-corrected chi connectivity index (χ1v) is 4.59. The topological polar surface area (TPSA) is 39.1 Å². The highest BCUT2D eigenvalue weighted by molar-refractivity contribution is 4.90. The Morgan fingerprint density at radius 2 is 2.46 bits per heavy atom. The Hall–Kier alpha value is -0.870. The minimum absolute atomic E-state index is 0.0700. The third-order valence-corrected chi connectivity index (χ3v) is 2.36. The van der Waals surface area contributed by atoms with Gasteiger partial charge in [0, 0.05) is 32.0 Å². The first kappa shape index (κ1) is 8.72. The van der Waals surface area contributed by atoms with Gasteiger partial charge in [-0.05, 0) is 6.92 Å². The lowest BCUT2D eigenvalue weighted by atomic mass is 10.0. The van der Waals surface area contributed by atoms with E-state index in [0.29, 0.717) is 0 Å². The molecule has 1 N–H and O–H groups in total. The second-order valence-electron chi connectivity index (χ2n) is 3.70. The molecule has 2 rings (SSSR count). The van der Waals surface area contributed by atoms with Crippen LogP contribution in [0.4, 0.5) is 0 Å². The Labute approximate surface area is 77.9 Å². The van der Waals surface area contributed by atoms with Crippen LogP contribution in [0.3, 0.4) is 0 Å². The average molecular weight is 181 g/mol. The van der Waals surface area contributed by atoms with Gasteiger partial charge in [0.15, 0.2) is 0 Å². The van der Waals surface area contributed by atoms with E-state index in [1.807, 2.05) is 17.1 Å². The lowest BCUT2D eigenvalue weighted by molar-refractivity contribution is -0.0692. The number of nitrogens with one attached hydrogen (secondary N) is 1. The van der Waals surface area contributed by atoms with Crippen molar-refractivity contribution in [3.63, 3.8) is 0 Å². The average Bonchev–Trinajstić information content (AvgIpc) is 2.54. The summed E-state index contributed by atoms with van der Waals surface area (Å²) in [6.07, 6.45) is 5.54. The summed E-state index contributed by atoms with van der Waals surface area (Å²) in [5.74, 6) is 0. The molecule has 0 atom stereocenters. The summed E-state index contributed by atoms with van der Waals surface area (Å²) in [5, 5.41) is 3.20. The van der Waals surface area contributed by atoms with E-state index in [1.54, 1.807) is 6.20 Å². The highest BCUT2D eigenvalue weighted by Crippen LogP contribution is 2.14. The van der Waals surface area contributed by atoms with E-state index in [-0.39, 0.29) is 5.60 Å². The zero-order valence-electron chi connectivity index (χ0n) is 7.86. The molecule has 1 aromatic rings. The summed E-state index contributed by atoms with van der Waals surface area (Å²) in [6, 6.07) is 0. The zero-order valence-corrected chi connectivity index (χ0v) is 7.86. The molecule has 0 aromatic carbocycles. The molecule has 2 heterocycles. The molecule has 0 unspecified atom stereocenters. The van der Waals surface area contributed by atoms with Crippen LogP contribution in [0.25, 0.3) is 0 Å². The van der Waals surface area contributed by atoms with Gasteiger partial charge in [-0.25, -0.2) is 4.98 Å². The minimum atomic E-state index is 0.0700. The molecule has 0 amide bonds. The predicted octanol–water partition coefficient (Wildman–Crippen LogP) is 0.262. The van der Waals surface area contributed by atoms with Gasteiger partial charge in [0.05, 0.1) is 18.5 Å². The number of nitrogens with zero attached hydrogens (tertiary/aromatic N) is 2. The standard InChI is InChI=1S/C9H15N3O/c1-9(6-11-7-9)13-5-4-12-3-2-10-8-12/h2-3,8,11H,4-7H2,1H3. The fraction of sp³-hybridized carbons (Fsp3) is 0.667. The van der Waals surface area contributed by atoms with Crippen LogP contribution in [-0.2, 0) is 11.3 Å². The lowest BCUT2D eigenvalue weighted by Crippen LogP contribution is -2.59. The third-order valence-electron chi connectivity index (χ3n) is 2.36. The van der Waals surface area contributed by atoms with E-state index in [2.05, 4.69) is 17.2 Å². The molecule has 1 aliphatic rings. The van der Waals surface area contributed by atoms with E-state index >= 15 is 0 Å². The molecule has 0 bridgehead atoms. The summed E-state index contributed by atoms with van der Waals surface area (Å²) < 4.78 is 7.75. The largest absolute Gasteiger partial charge is 0.371 e. The number of rotatable bonds is 4. The van der Waals surface area contributed by atoms with Crippen LogP contribution in [0.1, 0.15) is 6.92 Å². The van der Waals surface area contributed by atoms with Crippen molar-refractivity contribution in [1.82, 2.24) is 14.9 Å². The number of ether oxygens (including phenoxy) is 1. The molecule has 1 aliphatic heterocycles. The first-order chi connectivity index (χ1) is 6.29. The maximum Gasteiger partial charge on any atom is 0.0946 e. The number of aromatic nitrogens is 2. The molecule has 0 saturated carbocycles. The van der Waals surface area contributed by atoms with Crippen LogP contribution in [0.15, 0.2) is 18.7 Å². The van der Waals surface area contributed by atoms with Gasteiger partial charge in [0.1, 0.15) is 0 Å². The van der Waals surface area contributed by atoms with E-state index < -0.39 is 0 Å². The van der Waals surface area contributed by atoms with Crippen molar-refractivity contribution in [3.8, 4) is 0 Å². The van der Waals surface area contributed by atoms with Crippen LogP contribution in [0, 0.1) is 0 Å². The monoisotopic (exact) mass is 181 g/mol. The SMILES string of the molecule is CC1(OCCn2ccnc2)CNC1. The van der Waals surface area contributed by atoms with Gasteiger partial charge in [-0.3, -0.25) is 0 Å². The van der Waals surface area contributed by atoms with Gasteiger partial charge in [0.2, 0.25) is 0 Å². The fourth-order valence-corrected chi connectivity index (χ4v) is 1.40. The van der Waals surface area contributed by atoms with Gasteiger partial charge in [-0.2, -0.15) is 0 Å². The van der Waals surface area contributed by atoms with Gasteiger partial charge < -0.3 is 14.6 Å². The van der Waals surface area contributed by atoms with Gasteiger partial charge >= 0.3 is 0 Å². The van der Waals surface area contributed by atoms with Crippen molar-refractivity contribution >= 4 is 0 Å². The number of imidazole rings is 1. The van der Waals surface area contributed by atoms with Crippen LogP contribution >= 0.6 is 0 Å². The molecule has 13 heavy (non-hydrogen) atoms. The maximum absolute atomic E-state index is 5.73. The Morgan fingerprint density at radius 1 is 1.62 bits per heavy atom. The molecular formula is C9H15N3O. The van der Waals surface area contributed by atoms with Crippen molar-refractivity contribution in [2.75, 3.05) is 19.7 Å². The van der Waals surface area contributed by atoms with Crippen molar-refractivity contribution in [3.05, 3.63) is 18.7 Å². The van der Waals surface area contributed by atoms with Gasteiger partial charge in [-0.15, -0.1) is 0 Å². The van der Waals surface area contributed by atoms with Crippen LogP contribution in [0.2, 0.25) is 0 Å². The van der Waals surface area contributed by atoms with Gasteiger partial charge in [-0.1, -0.05) is 0 Å². The highest BCUT2D eigenvalue weighted by atomic mass is 16.5. The van der Waals surface area contributed by atoms with Crippen molar-refractivity contribution in [1.29, 1.82) is 0 Å². The Morgan fingerprint density at radius 3 is 3.00 bits per heavy atom. The molecule has 1 fully saturated rings. The maximum atomic E-state index is 5.73. The smallest absolute Gasteiger partial charge is 0.0946 e. The van der Waals surface area contributed by atoms with Crippen molar-refractivity contribution in [2.24, 2.45) is 0 Å². The second kappa shape index (κ2) is 3.47. The summed E-state index contributed by atoms with van der Waals surface area (Å²) >= 11 is 0. The molecule has 1 saturated heterocycles. The normalized spacial score (nSPS) is 19.8. The van der Waals surface area contributed by atoms with Crippen LogP contribution in [-0.4, -0.2) is 34.8 Å². The first-order valence-electron chi connectivity index (χ1n) is 4.59. The molecule has 4 heteroatoms. The van der Waals surface area contributed by atoms with Crippen LogP contribution in [0.5, 0.6) is 0 Å². The number of hydrogen-bond acceptors (Lipinski definition) is 3. The zero-order chi connectivity index (χ0) is 9.15. The number of hydrogen-bond donors (Lipinski definition) is 1. The molecular weight excluding hydrogens is 166 g/mol. The van der Waals surface area contributed by atoms with Crippen molar-refractivity contribution < 1.29 is 4.74 Å². The summed E-state index contributed by atoms with van der Waals surface area (Å²) in [7, 11) is 0. The van der Waals surface area contributed by atoms with Crippen molar-refractivity contribution in [2.45, 2.75) is 19.1 Å². The second-order valence-corrected chi connectivity index (χ2v) is 3.70. The fourth-order valence-electron chi connectivity index (χ4n) is 1.40. The predicted molar refractivity (Wildman–Crippen MR) is 49.5 cm³/mol. The molecule has 4 nitrogen and oxygen atoms in total. The summed E-state index contributed by atoms with van der Waals surface area (Å²) in [6.45, 7) is 5.72. The summed E-state index contributed by atoms with van der Waals surface area (Å²) in [4.78, 5) is 3.97. The van der Waals surface area contributed by atoms with E-state index in [4.69, 9.17) is 4.74 Å². The molecule has 0 spiro atoms.